The topological polar surface area (TPSA) is 37.3 Å². The molecule has 4 aliphatic rings. The summed E-state index contributed by atoms with van der Waals surface area (Å²) >= 11 is 0. The summed E-state index contributed by atoms with van der Waals surface area (Å²) in [6, 6.07) is 0. The minimum Gasteiger partial charge on any atom is -0.393 e. The summed E-state index contributed by atoms with van der Waals surface area (Å²) in [5.41, 5.74) is 2.60. The molecule has 5 atom stereocenters. The van der Waals surface area contributed by atoms with Gasteiger partial charge in [-0.05, 0) is 74.5 Å². The molecule has 0 aromatic heterocycles. The average molecular weight is 310 g/mol. The van der Waals surface area contributed by atoms with Crippen molar-refractivity contribution < 1.29 is 9.90 Å². The van der Waals surface area contributed by atoms with Crippen LogP contribution in [0.1, 0.15) is 58.8 Å². The molecule has 0 amide bonds. The van der Waals surface area contributed by atoms with Crippen molar-refractivity contribution in [2.24, 2.45) is 22.7 Å². The molecule has 0 aliphatic heterocycles. The van der Waals surface area contributed by atoms with Crippen molar-refractivity contribution >= 4 is 5.78 Å². The van der Waals surface area contributed by atoms with Gasteiger partial charge in [-0.3, -0.25) is 4.79 Å². The van der Waals surface area contributed by atoms with Crippen LogP contribution in [-0.2, 0) is 4.79 Å². The number of carbonyl (C=O) groups is 1. The predicted octanol–water partition coefficient (Wildman–Crippen LogP) is 3.80. The molecule has 2 fully saturated rings. The van der Waals surface area contributed by atoms with Gasteiger partial charge in [0.25, 0.3) is 0 Å². The first-order valence-corrected chi connectivity index (χ1v) is 9.07. The molecule has 0 bridgehead atoms. The number of fused-ring (bicyclic) bond motifs is 5. The summed E-state index contributed by atoms with van der Waals surface area (Å²) in [5.74, 6) is 8.07. The third kappa shape index (κ3) is 1.96. The smallest absolute Gasteiger partial charge is 0.155 e. The first-order valence-electron chi connectivity index (χ1n) is 9.07. The van der Waals surface area contributed by atoms with E-state index in [4.69, 9.17) is 0 Å². The highest BCUT2D eigenvalue weighted by molar-refractivity contribution is 5.92. The van der Waals surface area contributed by atoms with Gasteiger partial charge >= 0.3 is 0 Å². The Morgan fingerprint density at radius 1 is 1.26 bits per heavy atom. The number of ketones is 1. The Kier molecular flexibility index (Phi) is 3.36. The quantitative estimate of drug-likeness (QED) is 0.546. The van der Waals surface area contributed by atoms with Crippen molar-refractivity contribution in [3.8, 4) is 11.8 Å². The lowest BCUT2D eigenvalue weighted by Gasteiger charge is -2.52. The number of allylic oxidation sites excluding steroid dienone is 4. The van der Waals surface area contributed by atoms with Gasteiger partial charge in [0.2, 0.25) is 0 Å². The fourth-order valence-electron chi connectivity index (χ4n) is 5.95. The zero-order valence-electron chi connectivity index (χ0n) is 14.2. The second-order valence-corrected chi connectivity index (χ2v) is 8.13. The monoisotopic (exact) mass is 310 g/mol. The van der Waals surface area contributed by atoms with E-state index in [-0.39, 0.29) is 22.7 Å². The first-order chi connectivity index (χ1) is 11.0. The van der Waals surface area contributed by atoms with Gasteiger partial charge in [-0.25, -0.2) is 0 Å². The van der Waals surface area contributed by atoms with Crippen LogP contribution < -0.4 is 0 Å². The van der Waals surface area contributed by atoms with Crippen molar-refractivity contribution in [3.05, 3.63) is 23.3 Å². The Hall–Kier alpha value is -1.33. The molecule has 0 heterocycles. The van der Waals surface area contributed by atoms with Crippen LogP contribution in [0.2, 0.25) is 0 Å². The minimum atomic E-state index is -0.180. The van der Waals surface area contributed by atoms with Crippen molar-refractivity contribution in [2.45, 2.75) is 64.9 Å². The van der Waals surface area contributed by atoms with Gasteiger partial charge in [-0.1, -0.05) is 18.9 Å². The largest absolute Gasteiger partial charge is 0.393 e. The van der Waals surface area contributed by atoms with Gasteiger partial charge in [0, 0.05) is 11.8 Å². The third-order valence-corrected chi connectivity index (χ3v) is 7.19. The summed E-state index contributed by atoms with van der Waals surface area (Å²) in [6.45, 7) is 4.19. The number of aliphatic hydroxyl groups is 1. The molecule has 0 aromatic carbocycles. The molecule has 2 heteroatoms. The first kappa shape index (κ1) is 15.2. The van der Waals surface area contributed by atoms with E-state index >= 15 is 0 Å². The molecule has 0 spiro atoms. The molecule has 2 nitrogen and oxygen atoms in total. The molecule has 122 valence electrons. The van der Waals surface area contributed by atoms with Gasteiger partial charge < -0.3 is 5.11 Å². The van der Waals surface area contributed by atoms with Crippen LogP contribution in [0.5, 0.6) is 0 Å². The van der Waals surface area contributed by atoms with E-state index < -0.39 is 0 Å². The second kappa shape index (κ2) is 5.08. The van der Waals surface area contributed by atoms with Crippen molar-refractivity contribution in [1.29, 1.82) is 0 Å². The number of hydrogen-bond acceptors (Lipinski definition) is 2. The van der Waals surface area contributed by atoms with E-state index in [9.17, 15) is 9.90 Å². The van der Waals surface area contributed by atoms with Crippen LogP contribution >= 0.6 is 0 Å². The maximum Gasteiger partial charge on any atom is 0.155 e. The van der Waals surface area contributed by atoms with Crippen LogP contribution in [0, 0.1) is 34.5 Å². The van der Waals surface area contributed by atoms with Crippen molar-refractivity contribution in [1.82, 2.24) is 0 Å². The van der Waals surface area contributed by atoms with Gasteiger partial charge in [0.05, 0.1) is 11.5 Å². The molecule has 23 heavy (non-hydrogen) atoms. The fourth-order valence-corrected chi connectivity index (χ4v) is 5.95. The van der Waals surface area contributed by atoms with E-state index in [1.807, 2.05) is 13.0 Å². The van der Waals surface area contributed by atoms with E-state index in [1.165, 1.54) is 11.1 Å². The highest BCUT2D eigenvalue weighted by Crippen LogP contribution is 2.62. The second-order valence-electron chi connectivity index (χ2n) is 8.13. The molecular formula is C21H26O2. The van der Waals surface area contributed by atoms with E-state index in [0.29, 0.717) is 18.3 Å². The zero-order chi connectivity index (χ0) is 16.2. The van der Waals surface area contributed by atoms with Crippen LogP contribution in [0.15, 0.2) is 23.3 Å². The molecular weight excluding hydrogens is 284 g/mol. The van der Waals surface area contributed by atoms with Gasteiger partial charge in [0.15, 0.2) is 5.78 Å². The Morgan fingerprint density at radius 3 is 2.87 bits per heavy atom. The lowest BCUT2D eigenvalue weighted by molar-refractivity contribution is -0.115. The summed E-state index contributed by atoms with van der Waals surface area (Å²) in [7, 11) is 0. The standard InChI is InChI=1S/C21H26O2/c1-3-10-21-12-8-15(22)13-14(21)4-5-16-17-6-7-19(23)20(17,2)11-9-18(16)21/h9,13,16-17,19,23H,4-8,11-12H2,1-2H3/t16-,17-,19-,20-,21-/m0/s1. The van der Waals surface area contributed by atoms with Crippen LogP contribution in [0.4, 0.5) is 0 Å². The predicted molar refractivity (Wildman–Crippen MR) is 90.5 cm³/mol. The lowest BCUT2D eigenvalue weighted by atomic mass is 9.51. The SMILES string of the molecule is CC#C[C@]12CCC(=O)C=C1CC[C@@H]1C2=CC[C@]2(C)[C@@H](O)CC[C@@H]12. The van der Waals surface area contributed by atoms with E-state index in [1.54, 1.807) is 0 Å². The fraction of sp³-hybridized carbons (Fsp3) is 0.667. The highest BCUT2D eigenvalue weighted by Gasteiger charge is 2.56. The Bertz CT molecular complexity index is 674. The van der Waals surface area contributed by atoms with Crippen LogP contribution in [0.3, 0.4) is 0 Å². The molecule has 2 saturated carbocycles. The molecule has 0 unspecified atom stereocenters. The molecule has 1 N–H and O–H groups in total. The number of aliphatic hydroxyl groups excluding tert-OH is 1. The molecule has 0 radical (unpaired) electrons. The van der Waals surface area contributed by atoms with E-state index in [2.05, 4.69) is 24.8 Å². The summed E-state index contributed by atoms with van der Waals surface area (Å²) < 4.78 is 0. The minimum absolute atomic E-state index is 0.0424. The third-order valence-electron chi connectivity index (χ3n) is 7.19. The highest BCUT2D eigenvalue weighted by atomic mass is 16.3. The van der Waals surface area contributed by atoms with Gasteiger partial charge in [-0.15, -0.1) is 5.92 Å². The number of hydrogen-bond donors (Lipinski definition) is 1. The van der Waals surface area contributed by atoms with Crippen LogP contribution in [-0.4, -0.2) is 17.0 Å². The normalized spacial score (nSPS) is 45.0. The van der Waals surface area contributed by atoms with Crippen LogP contribution in [0.25, 0.3) is 0 Å². The Labute approximate surface area is 139 Å². The lowest BCUT2D eigenvalue weighted by Crippen LogP contribution is -2.46. The molecule has 4 aliphatic carbocycles. The summed E-state index contributed by atoms with van der Waals surface area (Å²) in [6.07, 6.45) is 10.7. The average Bonchev–Trinajstić information content (AvgIpc) is 2.84. The number of carbonyl (C=O) groups excluding carboxylic acids is 1. The molecule has 0 saturated heterocycles. The Balaban J connectivity index is 1.83. The van der Waals surface area contributed by atoms with Crippen molar-refractivity contribution in [3.63, 3.8) is 0 Å². The number of rotatable bonds is 0. The Morgan fingerprint density at radius 2 is 2.09 bits per heavy atom. The van der Waals surface area contributed by atoms with Gasteiger partial charge in [0.1, 0.15) is 0 Å². The zero-order valence-corrected chi connectivity index (χ0v) is 14.2. The van der Waals surface area contributed by atoms with Crippen molar-refractivity contribution in [2.75, 3.05) is 0 Å². The van der Waals surface area contributed by atoms with E-state index in [0.717, 1.165) is 38.5 Å². The maximum atomic E-state index is 11.9. The van der Waals surface area contributed by atoms with Gasteiger partial charge in [-0.2, -0.15) is 0 Å². The maximum absolute atomic E-state index is 11.9. The summed E-state index contributed by atoms with van der Waals surface area (Å²) in [5, 5.41) is 10.5. The summed E-state index contributed by atoms with van der Waals surface area (Å²) in [4.78, 5) is 11.9. The molecule has 0 aromatic rings. The molecule has 4 rings (SSSR count).